The predicted octanol–water partition coefficient (Wildman–Crippen LogP) is 5.84. The lowest BCUT2D eigenvalue weighted by molar-refractivity contribution is -0.168. The van der Waals surface area contributed by atoms with Crippen molar-refractivity contribution < 1.29 is 14.6 Å². The Balaban J connectivity index is 1.53. The van der Waals surface area contributed by atoms with Gasteiger partial charge in [0.1, 0.15) is 0 Å². The van der Waals surface area contributed by atoms with Crippen molar-refractivity contribution in [1.82, 2.24) is 0 Å². The van der Waals surface area contributed by atoms with E-state index in [4.69, 9.17) is 4.74 Å². The lowest BCUT2D eigenvalue weighted by Gasteiger charge is -2.62. The first-order valence-corrected chi connectivity index (χ1v) is 12.5. The molecule has 0 spiro atoms. The van der Waals surface area contributed by atoms with Gasteiger partial charge in [-0.2, -0.15) is 0 Å². The molecule has 1 N–H and O–H groups in total. The molecule has 0 heterocycles. The number of esters is 1. The van der Waals surface area contributed by atoms with Gasteiger partial charge in [-0.25, -0.2) is 0 Å². The molecule has 0 bridgehead atoms. The molecule has 166 valence electrons. The largest absolute Gasteiger partial charge is 0.469 e. The molecule has 0 aromatic rings. The zero-order valence-electron chi connectivity index (χ0n) is 19.5. The Morgan fingerprint density at radius 2 is 1.76 bits per heavy atom. The summed E-state index contributed by atoms with van der Waals surface area (Å²) < 4.78 is 4.88. The van der Waals surface area contributed by atoms with Gasteiger partial charge in [0.15, 0.2) is 0 Å². The number of carbonyl (C=O) groups is 1. The summed E-state index contributed by atoms with van der Waals surface area (Å²) in [4.78, 5) is 11.7. The van der Waals surface area contributed by atoms with E-state index in [9.17, 15) is 9.90 Å². The zero-order chi connectivity index (χ0) is 21.0. The first kappa shape index (κ1) is 21.7. The number of hydrogen-bond acceptors (Lipinski definition) is 3. The molecule has 4 aliphatic carbocycles. The Hall–Kier alpha value is -0.570. The molecule has 0 amide bonds. The van der Waals surface area contributed by atoms with Crippen LogP contribution < -0.4 is 0 Å². The van der Waals surface area contributed by atoms with E-state index in [1.54, 1.807) is 0 Å². The molecule has 0 aliphatic heterocycles. The average molecular weight is 405 g/mol. The summed E-state index contributed by atoms with van der Waals surface area (Å²) in [5, 5.41) is 11.4. The van der Waals surface area contributed by atoms with Crippen molar-refractivity contribution in [2.45, 2.75) is 98.0 Å². The second-order valence-electron chi connectivity index (χ2n) is 12.0. The highest BCUT2D eigenvalue weighted by atomic mass is 16.5. The number of carbonyl (C=O) groups excluding carboxylic acids is 1. The van der Waals surface area contributed by atoms with E-state index in [-0.39, 0.29) is 12.1 Å². The molecule has 0 aromatic heterocycles. The minimum absolute atomic E-state index is 0.0755. The van der Waals surface area contributed by atoms with Crippen LogP contribution in [0.3, 0.4) is 0 Å². The van der Waals surface area contributed by atoms with Crippen LogP contribution in [-0.4, -0.2) is 24.3 Å². The minimum Gasteiger partial charge on any atom is -0.469 e. The second-order valence-corrected chi connectivity index (χ2v) is 12.0. The number of fused-ring (bicyclic) bond motifs is 5. The number of aliphatic hydroxyl groups is 1. The van der Waals surface area contributed by atoms with Gasteiger partial charge < -0.3 is 9.84 Å². The van der Waals surface area contributed by atoms with Crippen LogP contribution in [0.25, 0.3) is 0 Å². The van der Waals surface area contributed by atoms with Crippen molar-refractivity contribution in [3.63, 3.8) is 0 Å². The third kappa shape index (κ3) is 3.48. The number of rotatable bonds is 4. The van der Waals surface area contributed by atoms with E-state index in [0.29, 0.717) is 46.8 Å². The molecule has 0 radical (unpaired) electrons. The number of hydrogen-bond donors (Lipinski definition) is 1. The van der Waals surface area contributed by atoms with Gasteiger partial charge in [-0.3, -0.25) is 4.79 Å². The molecule has 10 atom stereocenters. The standard InChI is InChI=1S/C26H44O3/c1-16-10-12-25(3)18(14-16)15-22(27)24-20-8-7-19(17(2)6-9-23(28)29-5)26(20,4)13-11-21(24)25/h16-22,24,27H,6-15H2,1-5H3/t16-,17-,18+,19-,20+,21+,22-,24+,25+,26-/m1/s1. The summed E-state index contributed by atoms with van der Waals surface area (Å²) in [6.07, 6.45) is 11.7. The van der Waals surface area contributed by atoms with E-state index in [2.05, 4.69) is 27.7 Å². The lowest BCUT2D eigenvalue weighted by Crippen LogP contribution is -2.58. The van der Waals surface area contributed by atoms with Crippen molar-refractivity contribution in [3.05, 3.63) is 0 Å². The van der Waals surface area contributed by atoms with E-state index in [0.717, 1.165) is 24.7 Å². The molecule has 4 fully saturated rings. The Bertz CT molecular complexity index is 617. The average Bonchev–Trinajstić information content (AvgIpc) is 3.04. The van der Waals surface area contributed by atoms with Gasteiger partial charge in [0, 0.05) is 6.42 Å². The highest BCUT2D eigenvalue weighted by Gasteiger charge is 2.62. The molecular formula is C26H44O3. The summed E-state index contributed by atoms with van der Waals surface area (Å²) in [5.41, 5.74) is 0.787. The van der Waals surface area contributed by atoms with E-state index >= 15 is 0 Å². The Kier molecular flexibility index (Phi) is 5.86. The maximum absolute atomic E-state index is 11.7. The highest BCUT2D eigenvalue weighted by Crippen LogP contribution is 2.68. The summed E-state index contributed by atoms with van der Waals surface area (Å²) in [7, 11) is 1.49. The first-order chi connectivity index (χ1) is 13.7. The van der Waals surface area contributed by atoms with Gasteiger partial charge in [0.2, 0.25) is 0 Å². The molecule has 4 rings (SSSR count). The van der Waals surface area contributed by atoms with Gasteiger partial charge in [-0.15, -0.1) is 0 Å². The SMILES string of the molecule is COC(=O)CC[C@@H](C)[C@H]1CC[C@H]2[C@@H]3[C@H](O)C[C@@H]4C[C@H](C)CC[C@]4(C)[C@H]3CC[C@]12C. The maximum atomic E-state index is 11.7. The van der Waals surface area contributed by atoms with E-state index in [1.165, 1.54) is 52.1 Å². The molecule has 4 saturated carbocycles. The molecule has 3 nitrogen and oxygen atoms in total. The van der Waals surface area contributed by atoms with Crippen molar-refractivity contribution in [2.24, 2.45) is 52.3 Å². The highest BCUT2D eigenvalue weighted by molar-refractivity contribution is 5.69. The van der Waals surface area contributed by atoms with Gasteiger partial charge in [-0.1, -0.05) is 34.1 Å². The number of methoxy groups -OCH3 is 1. The number of ether oxygens (including phenoxy) is 1. The monoisotopic (exact) mass is 404 g/mol. The maximum Gasteiger partial charge on any atom is 0.305 e. The van der Waals surface area contributed by atoms with Gasteiger partial charge in [0.05, 0.1) is 13.2 Å². The minimum atomic E-state index is -0.0999. The van der Waals surface area contributed by atoms with E-state index in [1.807, 2.05) is 0 Å². The van der Waals surface area contributed by atoms with Crippen molar-refractivity contribution >= 4 is 5.97 Å². The molecule has 0 unspecified atom stereocenters. The second kappa shape index (κ2) is 7.84. The van der Waals surface area contributed by atoms with Gasteiger partial charge >= 0.3 is 5.97 Å². The van der Waals surface area contributed by atoms with E-state index < -0.39 is 0 Å². The molecule has 29 heavy (non-hydrogen) atoms. The summed E-state index contributed by atoms with van der Waals surface area (Å²) in [6.45, 7) is 9.88. The molecule has 4 aliphatic rings. The Morgan fingerprint density at radius 3 is 2.48 bits per heavy atom. The van der Waals surface area contributed by atoms with Crippen molar-refractivity contribution in [3.8, 4) is 0 Å². The normalized spacial score (nSPS) is 50.2. The van der Waals surface area contributed by atoms with Crippen LogP contribution in [-0.2, 0) is 9.53 Å². The molecular weight excluding hydrogens is 360 g/mol. The fourth-order valence-corrected chi connectivity index (χ4v) is 9.06. The summed E-state index contributed by atoms with van der Waals surface area (Å²) >= 11 is 0. The number of aliphatic hydroxyl groups excluding tert-OH is 1. The third-order valence-electron chi connectivity index (χ3n) is 10.7. The fraction of sp³-hybridized carbons (Fsp3) is 0.962. The van der Waals surface area contributed by atoms with Crippen LogP contribution in [0, 0.1) is 52.3 Å². The van der Waals surface area contributed by atoms with Gasteiger partial charge in [0.25, 0.3) is 0 Å². The quantitative estimate of drug-likeness (QED) is 0.599. The molecule has 0 saturated heterocycles. The van der Waals surface area contributed by atoms with Crippen LogP contribution in [0.1, 0.15) is 91.9 Å². The molecule has 3 heteroatoms. The van der Waals surface area contributed by atoms with Gasteiger partial charge in [-0.05, 0) is 104 Å². The predicted molar refractivity (Wildman–Crippen MR) is 116 cm³/mol. The van der Waals surface area contributed by atoms with Crippen LogP contribution in [0.5, 0.6) is 0 Å². The topological polar surface area (TPSA) is 46.5 Å². The Labute approximate surface area is 178 Å². The van der Waals surface area contributed by atoms with Crippen LogP contribution >= 0.6 is 0 Å². The van der Waals surface area contributed by atoms with Crippen LogP contribution in [0.2, 0.25) is 0 Å². The van der Waals surface area contributed by atoms with Crippen LogP contribution in [0.4, 0.5) is 0 Å². The van der Waals surface area contributed by atoms with Crippen molar-refractivity contribution in [2.75, 3.05) is 7.11 Å². The van der Waals surface area contributed by atoms with Crippen molar-refractivity contribution in [1.29, 1.82) is 0 Å². The lowest BCUT2D eigenvalue weighted by atomic mass is 9.43. The third-order valence-corrected chi connectivity index (χ3v) is 10.7. The Morgan fingerprint density at radius 1 is 1.07 bits per heavy atom. The fourth-order valence-electron chi connectivity index (χ4n) is 9.06. The smallest absolute Gasteiger partial charge is 0.305 e. The zero-order valence-corrected chi connectivity index (χ0v) is 19.5. The summed E-state index contributed by atoms with van der Waals surface area (Å²) in [5.74, 6) is 4.60. The first-order valence-electron chi connectivity index (χ1n) is 12.5. The van der Waals surface area contributed by atoms with Crippen LogP contribution in [0.15, 0.2) is 0 Å². The molecule has 0 aromatic carbocycles. The summed E-state index contributed by atoms with van der Waals surface area (Å²) in [6, 6.07) is 0.